The molecule has 0 saturated heterocycles. The summed E-state index contributed by atoms with van der Waals surface area (Å²) in [4.78, 5) is 29.9. The lowest BCUT2D eigenvalue weighted by Crippen LogP contribution is -2.13. The van der Waals surface area contributed by atoms with Crippen molar-refractivity contribution in [2.75, 3.05) is 10.6 Å². The lowest BCUT2D eigenvalue weighted by atomic mass is 10.2. The monoisotopic (exact) mass is 417 g/mol. The first-order valence-corrected chi connectivity index (χ1v) is 9.89. The smallest absolute Gasteiger partial charge is 0.265 e. The average Bonchev–Trinajstić information content (AvgIpc) is 3.25. The van der Waals surface area contributed by atoms with Crippen LogP contribution in [-0.2, 0) is 0 Å². The molecule has 0 aliphatic carbocycles. The zero-order valence-corrected chi connectivity index (χ0v) is 16.4. The molecule has 0 aliphatic rings. The number of nitrogens with zero attached hydrogens (tertiary/aromatic N) is 1. The summed E-state index contributed by atoms with van der Waals surface area (Å²) in [5.74, 6) is -0.930. The van der Waals surface area contributed by atoms with Crippen molar-refractivity contribution in [1.82, 2.24) is 4.98 Å². The second-order valence-electron chi connectivity index (χ2n) is 6.37. The number of nitrogens with one attached hydrogen (secondary N) is 2. The number of halogens is 1. The standard InChI is InChI=1S/C23H16FN3O2S/c24-19-9-2-1-8-18(19)20-10-11-21(30-20)23(29)27-17-7-3-6-16(13-17)26-22(28)15-5-4-12-25-14-15/h1-14H,(H,26,28)(H,27,29). The van der Waals surface area contributed by atoms with Gasteiger partial charge in [0.1, 0.15) is 5.82 Å². The third-order valence-corrected chi connectivity index (χ3v) is 5.39. The number of anilines is 2. The van der Waals surface area contributed by atoms with Crippen molar-refractivity contribution >= 4 is 34.5 Å². The highest BCUT2D eigenvalue weighted by Crippen LogP contribution is 2.30. The number of aromatic nitrogens is 1. The van der Waals surface area contributed by atoms with Gasteiger partial charge in [-0.3, -0.25) is 14.6 Å². The van der Waals surface area contributed by atoms with Crippen LogP contribution in [0.4, 0.5) is 15.8 Å². The van der Waals surface area contributed by atoms with Crippen LogP contribution in [0.15, 0.2) is 85.2 Å². The molecule has 148 valence electrons. The minimum Gasteiger partial charge on any atom is -0.322 e. The number of hydrogen-bond acceptors (Lipinski definition) is 4. The van der Waals surface area contributed by atoms with E-state index in [0.29, 0.717) is 32.3 Å². The molecule has 2 amide bonds. The average molecular weight is 417 g/mol. The van der Waals surface area contributed by atoms with Gasteiger partial charge < -0.3 is 10.6 Å². The molecule has 7 heteroatoms. The highest BCUT2D eigenvalue weighted by molar-refractivity contribution is 7.17. The molecule has 0 atom stereocenters. The van der Waals surface area contributed by atoms with Gasteiger partial charge >= 0.3 is 0 Å². The molecule has 0 radical (unpaired) electrons. The fraction of sp³-hybridized carbons (Fsp3) is 0. The summed E-state index contributed by atoms with van der Waals surface area (Å²) in [6, 6.07) is 20.0. The normalized spacial score (nSPS) is 10.4. The quantitative estimate of drug-likeness (QED) is 0.453. The number of amides is 2. The van der Waals surface area contributed by atoms with E-state index in [4.69, 9.17) is 0 Å². The third-order valence-electron chi connectivity index (χ3n) is 4.27. The largest absolute Gasteiger partial charge is 0.322 e. The van der Waals surface area contributed by atoms with Crippen molar-refractivity contribution in [3.8, 4) is 10.4 Å². The maximum atomic E-state index is 14.0. The fourth-order valence-corrected chi connectivity index (χ4v) is 3.76. The van der Waals surface area contributed by atoms with Gasteiger partial charge in [-0.2, -0.15) is 0 Å². The van der Waals surface area contributed by atoms with E-state index in [0.717, 1.165) is 0 Å². The predicted molar refractivity (Wildman–Crippen MR) is 116 cm³/mol. The molecule has 2 aromatic heterocycles. The second kappa shape index (κ2) is 8.67. The number of pyridine rings is 1. The summed E-state index contributed by atoms with van der Waals surface area (Å²) in [6.45, 7) is 0. The van der Waals surface area contributed by atoms with Crippen LogP contribution in [0.1, 0.15) is 20.0 Å². The molecule has 0 bridgehead atoms. The molecule has 5 nitrogen and oxygen atoms in total. The molecular weight excluding hydrogens is 401 g/mol. The molecule has 2 heterocycles. The van der Waals surface area contributed by atoms with Crippen LogP contribution < -0.4 is 10.6 Å². The molecular formula is C23H16FN3O2S. The molecule has 0 aliphatic heterocycles. The van der Waals surface area contributed by atoms with Crippen molar-refractivity contribution in [2.24, 2.45) is 0 Å². The Hall–Kier alpha value is -3.84. The van der Waals surface area contributed by atoms with Gasteiger partial charge in [0, 0.05) is 34.2 Å². The number of rotatable bonds is 5. The van der Waals surface area contributed by atoms with Crippen LogP contribution in [0, 0.1) is 5.82 Å². The SMILES string of the molecule is O=C(Nc1cccc(NC(=O)c2ccc(-c3ccccc3F)s2)c1)c1cccnc1. The first-order chi connectivity index (χ1) is 14.6. The Balaban J connectivity index is 1.46. The van der Waals surface area contributed by atoms with Gasteiger partial charge in [0.05, 0.1) is 10.4 Å². The Kier molecular flexibility index (Phi) is 5.63. The van der Waals surface area contributed by atoms with E-state index in [9.17, 15) is 14.0 Å². The Morgan fingerprint density at radius 2 is 1.60 bits per heavy atom. The maximum Gasteiger partial charge on any atom is 0.265 e. The summed E-state index contributed by atoms with van der Waals surface area (Å²) >= 11 is 1.21. The second-order valence-corrected chi connectivity index (χ2v) is 7.46. The Morgan fingerprint density at radius 3 is 2.33 bits per heavy atom. The van der Waals surface area contributed by atoms with E-state index in [2.05, 4.69) is 15.6 Å². The predicted octanol–water partition coefficient (Wildman–Crippen LogP) is 5.45. The molecule has 0 spiro atoms. The summed E-state index contributed by atoms with van der Waals surface area (Å²) < 4.78 is 14.0. The van der Waals surface area contributed by atoms with Gasteiger partial charge in [0.2, 0.25) is 0 Å². The molecule has 0 saturated carbocycles. The van der Waals surface area contributed by atoms with E-state index in [1.54, 1.807) is 72.9 Å². The van der Waals surface area contributed by atoms with Crippen LogP contribution in [0.5, 0.6) is 0 Å². The van der Waals surface area contributed by atoms with Gasteiger partial charge in [-0.1, -0.05) is 24.3 Å². The topological polar surface area (TPSA) is 71.1 Å². The van der Waals surface area contributed by atoms with E-state index in [-0.39, 0.29) is 17.6 Å². The molecule has 2 N–H and O–H groups in total. The van der Waals surface area contributed by atoms with E-state index in [1.807, 2.05) is 0 Å². The number of thiophene rings is 1. The molecule has 4 rings (SSSR count). The Labute approximate surface area is 176 Å². The van der Waals surface area contributed by atoms with E-state index >= 15 is 0 Å². The van der Waals surface area contributed by atoms with Crippen molar-refractivity contribution < 1.29 is 14.0 Å². The Bertz CT molecular complexity index is 1210. The number of benzene rings is 2. The molecule has 2 aromatic carbocycles. The molecule has 30 heavy (non-hydrogen) atoms. The minimum absolute atomic E-state index is 0.292. The van der Waals surface area contributed by atoms with Gasteiger partial charge in [0.25, 0.3) is 11.8 Å². The van der Waals surface area contributed by atoms with Crippen LogP contribution in [-0.4, -0.2) is 16.8 Å². The van der Waals surface area contributed by atoms with Crippen molar-refractivity contribution in [3.63, 3.8) is 0 Å². The van der Waals surface area contributed by atoms with E-state index in [1.165, 1.54) is 23.6 Å². The molecule has 4 aromatic rings. The third kappa shape index (κ3) is 4.42. The first-order valence-electron chi connectivity index (χ1n) is 9.08. The summed E-state index contributed by atoms with van der Waals surface area (Å²) in [5, 5.41) is 5.58. The highest BCUT2D eigenvalue weighted by Gasteiger charge is 2.13. The minimum atomic E-state index is -0.330. The van der Waals surface area contributed by atoms with Crippen molar-refractivity contribution in [1.29, 1.82) is 0 Å². The van der Waals surface area contributed by atoms with Crippen LogP contribution in [0.2, 0.25) is 0 Å². The van der Waals surface area contributed by atoms with Crippen LogP contribution >= 0.6 is 11.3 Å². The van der Waals surface area contributed by atoms with Gasteiger partial charge in [-0.25, -0.2) is 4.39 Å². The summed E-state index contributed by atoms with van der Waals surface area (Å²) in [7, 11) is 0. The van der Waals surface area contributed by atoms with E-state index < -0.39 is 0 Å². The van der Waals surface area contributed by atoms with Gasteiger partial charge in [-0.05, 0) is 48.5 Å². The lowest BCUT2D eigenvalue weighted by Gasteiger charge is -2.08. The van der Waals surface area contributed by atoms with Gasteiger partial charge in [0.15, 0.2) is 0 Å². The lowest BCUT2D eigenvalue weighted by molar-refractivity contribution is 0.102. The van der Waals surface area contributed by atoms with Crippen LogP contribution in [0.3, 0.4) is 0 Å². The number of carbonyl (C=O) groups excluding carboxylic acids is 2. The zero-order valence-electron chi connectivity index (χ0n) is 15.6. The number of carbonyl (C=O) groups is 2. The zero-order chi connectivity index (χ0) is 20.9. The van der Waals surface area contributed by atoms with Gasteiger partial charge in [-0.15, -0.1) is 11.3 Å². The summed E-state index contributed by atoms with van der Waals surface area (Å²) in [6.07, 6.45) is 3.07. The van der Waals surface area contributed by atoms with Crippen LogP contribution in [0.25, 0.3) is 10.4 Å². The molecule has 0 fully saturated rings. The number of hydrogen-bond donors (Lipinski definition) is 2. The van der Waals surface area contributed by atoms with Crippen molar-refractivity contribution in [2.45, 2.75) is 0 Å². The first kappa shape index (κ1) is 19.5. The molecule has 0 unspecified atom stereocenters. The maximum absolute atomic E-state index is 14.0. The van der Waals surface area contributed by atoms with Crippen molar-refractivity contribution in [3.05, 3.63) is 101 Å². The fourth-order valence-electron chi connectivity index (χ4n) is 2.83. The highest BCUT2D eigenvalue weighted by atomic mass is 32.1. The Morgan fingerprint density at radius 1 is 0.833 bits per heavy atom. The summed E-state index contributed by atoms with van der Waals surface area (Å²) in [5.41, 5.74) is 1.97.